The van der Waals surface area contributed by atoms with Gasteiger partial charge in [-0.2, -0.15) is 15.4 Å². The van der Waals surface area contributed by atoms with Crippen molar-refractivity contribution in [2.45, 2.75) is 18.6 Å². The van der Waals surface area contributed by atoms with Gasteiger partial charge >= 0.3 is 0 Å². The zero-order chi connectivity index (χ0) is 17.8. The second kappa shape index (κ2) is 7.58. The fourth-order valence-corrected chi connectivity index (χ4v) is 2.59. The minimum atomic E-state index is -0.316. The van der Waals surface area contributed by atoms with Gasteiger partial charge in [0.15, 0.2) is 0 Å². The fraction of sp³-hybridized carbons (Fsp3) is 0.500. The Balaban J connectivity index is 1.63. The number of amides is 2. The fourth-order valence-electron chi connectivity index (χ4n) is 2.59. The minimum Gasteiger partial charge on any atom is -0.379 e. The highest BCUT2D eigenvalue weighted by Crippen LogP contribution is 2.15. The van der Waals surface area contributed by atoms with Gasteiger partial charge in [0.05, 0.1) is 18.8 Å². The summed E-state index contributed by atoms with van der Waals surface area (Å²) in [6, 6.07) is 4.78. The van der Waals surface area contributed by atoms with E-state index in [0.717, 1.165) is 0 Å². The van der Waals surface area contributed by atoms with Crippen LogP contribution in [0, 0.1) is 0 Å². The van der Waals surface area contributed by atoms with Crippen LogP contribution in [0.1, 0.15) is 16.8 Å². The average molecular weight is 347 g/mol. The van der Waals surface area contributed by atoms with E-state index in [1.54, 1.807) is 32.3 Å². The smallest absolute Gasteiger partial charge is 0.251 e. The molecule has 0 radical (unpaired) electrons. The lowest BCUT2D eigenvalue weighted by molar-refractivity contribution is -0.138. The molecule has 3 rings (SSSR count). The first-order chi connectivity index (χ1) is 12.0. The van der Waals surface area contributed by atoms with Gasteiger partial charge in [0.25, 0.3) is 5.91 Å². The molecule has 1 saturated heterocycles. The summed E-state index contributed by atoms with van der Waals surface area (Å²) in [5, 5.41) is 13.4. The van der Waals surface area contributed by atoms with E-state index < -0.39 is 0 Å². The Labute approximate surface area is 144 Å². The standard InChI is InChI=1S/C16H21N5O4/c1-21(2)15(22)9-25-14-5-6-24-8-13(14)17-16(23)10-3-4-11-12(7-10)19-20-18-11/h3-4,7,13-14H,5-6,8-9H2,1-2H3,(H,17,23)(H,18,19,20)/t13-,14+/m0/s1. The number of hydrogen-bond donors (Lipinski definition) is 2. The van der Waals surface area contributed by atoms with E-state index >= 15 is 0 Å². The molecule has 0 unspecified atom stereocenters. The first-order valence-electron chi connectivity index (χ1n) is 8.05. The van der Waals surface area contributed by atoms with Crippen molar-refractivity contribution in [3.8, 4) is 0 Å². The van der Waals surface area contributed by atoms with E-state index in [1.165, 1.54) is 4.90 Å². The Morgan fingerprint density at radius 2 is 2.16 bits per heavy atom. The molecule has 1 aromatic heterocycles. The van der Waals surface area contributed by atoms with E-state index in [4.69, 9.17) is 9.47 Å². The largest absolute Gasteiger partial charge is 0.379 e. The van der Waals surface area contributed by atoms with Gasteiger partial charge in [-0.1, -0.05) is 0 Å². The normalized spacial score (nSPS) is 20.4. The van der Waals surface area contributed by atoms with Crippen LogP contribution < -0.4 is 5.32 Å². The topological polar surface area (TPSA) is 109 Å². The first-order valence-corrected chi connectivity index (χ1v) is 8.05. The summed E-state index contributed by atoms with van der Waals surface area (Å²) in [6.07, 6.45) is 0.353. The van der Waals surface area contributed by atoms with Gasteiger partial charge < -0.3 is 19.7 Å². The zero-order valence-corrected chi connectivity index (χ0v) is 14.2. The molecule has 1 fully saturated rings. The van der Waals surface area contributed by atoms with Gasteiger partial charge in [-0.05, 0) is 24.6 Å². The molecule has 1 aliphatic heterocycles. The maximum Gasteiger partial charge on any atom is 0.251 e. The van der Waals surface area contributed by atoms with Crippen LogP contribution in [-0.2, 0) is 14.3 Å². The van der Waals surface area contributed by atoms with Crippen molar-refractivity contribution in [2.75, 3.05) is 33.9 Å². The van der Waals surface area contributed by atoms with E-state index in [2.05, 4.69) is 20.7 Å². The second-order valence-electron chi connectivity index (χ2n) is 6.11. The van der Waals surface area contributed by atoms with Crippen LogP contribution in [0.25, 0.3) is 11.0 Å². The zero-order valence-electron chi connectivity index (χ0n) is 14.2. The number of nitrogens with one attached hydrogen (secondary N) is 2. The maximum atomic E-state index is 12.5. The molecule has 2 atom stereocenters. The maximum absolute atomic E-state index is 12.5. The molecule has 0 aliphatic carbocycles. The highest BCUT2D eigenvalue weighted by atomic mass is 16.5. The summed E-state index contributed by atoms with van der Waals surface area (Å²) in [7, 11) is 3.35. The number of benzene rings is 1. The molecule has 1 aromatic carbocycles. The molecule has 2 amide bonds. The minimum absolute atomic E-state index is 0.0189. The Kier molecular flexibility index (Phi) is 5.25. The number of aromatic nitrogens is 3. The molecule has 2 N–H and O–H groups in total. The molecule has 134 valence electrons. The van der Waals surface area contributed by atoms with Crippen LogP contribution in [-0.4, -0.2) is 78.2 Å². The molecule has 9 heteroatoms. The highest BCUT2D eigenvalue weighted by Gasteiger charge is 2.29. The molecule has 2 aromatic rings. The summed E-state index contributed by atoms with van der Waals surface area (Å²) in [4.78, 5) is 25.7. The number of carbonyl (C=O) groups is 2. The number of ether oxygens (including phenoxy) is 2. The predicted octanol–water partition coefficient (Wildman–Crippen LogP) is -0.0500. The van der Waals surface area contributed by atoms with E-state index in [9.17, 15) is 9.59 Å². The number of hydrogen-bond acceptors (Lipinski definition) is 6. The molecule has 9 nitrogen and oxygen atoms in total. The number of H-pyrrole nitrogens is 1. The van der Waals surface area contributed by atoms with Gasteiger partial charge in [0, 0.05) is 26.3 Å². The number of fused-ring (bicyclic) bond motifs is 1. The number of aromatic amines is 1. The van der Waals surface area contributed by atoms with Crippen LogP contribution in [0.5, 0.6) is 0 Å². The molecule has 2 heterocycles. The number of rotatable bonds is 5. The Morgan fingerprint density at radius 1 is 1.36 bits per heavy atom. The monoisotopic (exact) mass is 347 g/mol. The SMILES string of the molecule is CN(C)C(=O)CO[C@@H]1CCOC[C@@H]1NC(=O)c1ccc2n[nH]nc2c1. The third kappa shape index (κ3) is 4.12. The van der Waals surface area contributed by atoms with Gasteiger partial charge in [-0.15, -0.1) is 0 Å². The lowest BCUT2D eigenvalue weighted by Crippen LogP contribution is -2.51. The lowest BCUT2D eigenvalue weighted by Gasteiger charge is -2.32. The Hall–Kier alpha value is -2.52. The van der Waals surface area contributed by atoms with Crippen molar-refractivity contribution >= 4 is 22.8 Å². The van der Waals surface area contributed by atoms with Crippen molar-refractivity contribution in [3.05, 3.63) is 23.8 Å². The average Bonchev–Trinajstić information content (AvgIpc) is 3.08. The summed E-state index contributed by atoms with van der Waals surface area (Å²) in [5.41, 5.74) is 1.80. The summed E-state index contributed by atoms with van der Waals surface area (Å²) < 4.78 is 11.1. The summed E-state index contributed by atoms with van der Waals surface area (Å²) in [6.45, 7) is 0.867. The van der Waals surface area contributed by atoms with Crippen LogP contribution in [0.4, 0.5) is 0 Å². The van der Waals surface area contributed by atoms with Crippen LogP contribution in [0.3, 0.4) is 0 Å². The molecule has 1 aliphatic rings. The van der Waals surface area contributed by atoms with Gasteiger partial charge in [-0.3, -0.25) is 9.59 Å². The first kappa shape index (κ1) is 17.3. The van der Waals surface area contributed by atoms with Crippen molar-refractivity contribution in [1.29, 1.82) is 0 Å². The Bertz CT molecular complexity index is 760. The third-order valence-corrected chi connectivity index (χ3v) is 4.11. The van der Waals surface area contributed by atoms with Crippen molar-refractivity contribution in [2.24, 2.45) is 0 Å². The molecule has 0 spiro atoms. The molecule has 0 saturated carbocycles. The third-order valence-electron chi connectivity index (χ3n) is 4.11. The highest BCUT2D eigenvalue weighted by molar-refractivity contribution is 5.97. The van der Waals surface area contributed by atoms with Gasteiger partial charge in [-0.25, -0.2) is 0 Å². The van der Waals surface area contributed by atoms with E-state index in [1.807, 2.05) is 0 Å². The van der Waals surface area contributed by atoms with Crippen molar-refractivity contribution in [1.82, 2.24) is 25.6 Å². The summed E-state index contributed by atoms with van der Waals surface area (Å²) in [5.74, 6) is -0.360. The van der Waals surface area contributed by atoms with Crippen molar-refractivity contribution < 1.29 is 19.1 Å². The Morgan fingerprint density at radius 3 is 2.96 bits per heavy atom. The molecular weight excluding hydrogens is 326 g/mol. The molecule has 0 bridgehead atoms. The molecule has 25 heavy (non-hydrogen) atoms. The molecular formula is C16H21N5O4. The van der Waals surface area contributed by atoms with Gasteiger partial charge in [0.1, 0.15) is 17.6 Å². The van der Waals surface area contributed by atoms with Gasteiger partial charge in [0.2, 0.25) is 5.91 Å². The second-order valence-corrected chi connectivity index (χ2v) is 6.11. The van der Waals surface area contributed by atoms with Crippen LogP contribution in [0.15, 0.2) is 18.2 Å². The quantitative estimate of drug-likeness (QED) is 0.785. The predicted molar refractivity (Wildman–Crippen MR) is 89.0 cm³/mol. The number of likely N-dealkylation sites (N-methyl/N-ethyl adjacent to an activating group) is 1. The summed E-state index contributed by atoms with van der Waals surface area (Å²) >= 11 is 0. The van der Waals surface area contributed by atoms with E-state index in [-0.39, 0.29) is 30.6 Å². The number of nitrogens with zero attached hydrogens (tertiary/aromatic N) is 3. The van der Waals surface area contributed by atoms with Crippen LogP contribution >= 0.6 is 0 Å². The van der Waals surface area contributed by atoms with Crippen molar-refractivity contribution in [3.63, 3.8) is 0 Å². The lowest BCUT2D eigenvalue weighted by atomic mass is 10.1. The van der Waals surface area contributed by atoms with E-state index in [0.29, 0.717) is 36.2 Å². The number of carbonyl (C=O) groups excluding carboxylic acids is 2. The van der Waals surface area contributed by atoms with Crippen LogP contribution in [0.2, 0.25) is 0 Å².